The van der Waals surface area contributed by atoms with Gasteiger partial charge in [0.25, 0.3) is 0 Å². The molecule has 1 unspecified atom stereocenters. The van der Waals surface area contributed by atoms with Gasteiger partial charge in [-0.15, -0.1) is 24.0 Å². The molecule has 1 aromatic rings. The summed E-state index contributed by atoms with van der Waals surface area (Å²) in [5, 5.41) is 3.85. The van der Waals surface area contributed by atoms with Crippen LogP contribution in [0.4, 0.5) is 5.82 Å². The van der Waals surface area contributed by atoms with Crippen molar-refractivity contribution in [2.45, 2.75) is 12.5 Å². The number of pyridine rings is 1. The molecule has 0 saturated carbocycles. The number of guanidine groups is 1. The molecular formula is C11H17ClIN5. The third kappa shape index (κ3) is 3.61. The zero-order chi connectivity index (χ0) is 12.3. The van der Waals surface area contributed by atoms with E-state index >= 15 is 0 Å². The summed E-state index contributed by atoms with van der Waals surface area (Å²) in [5.41, 5.74) is 5.65. The van der Waals surface area contributed by atoms with E-state index in [1.807, 2.05) is 12.1 Å². The van der Waals surface area contributed by atoms with Gasteiger partial charge in [-0.25, -0.2) is 4.98 Å². The van der Waals surface area contributed by atoms with Crippen LogP contribution in [0.15, 0.2) is 23.3 Å². The van der Waals surface area contributed by atoms with Gasteiger partial charge in [0, 0.05) is 32.4 Å². The van der Waals surface area contributed by atoms with E-state index < -0.39 is 0 Å². The average Bonchev–Trinajstić information content (AvgIpc) is 2.78. The van der Waals surface area contributed by atoms with Gasteiger partial charge >= 0.3 is 0 Å². The maximum Gasteiger partial charge on any atom is 0.188 e. The van der Waals surface area contributed by atoms with Gasteiger partial charge in [0.2, 0.25) is 0 Å². The second kappa shape index (κ2) is 6.98. The number of anilines is 1. The minimum atomic E-state index is 0. The molecule has 0 bridgehead atoms. The monoisotopic (exact) mass is 381 g/mol. The summed E-state index contributed by atoms with van der Waals surface area (Å²) in [4.78, 5) is 10.3. The second-order valence-electron chi connectivity index (χ2n) is 3.99. The lowest BCUT2D eigenvalue weighted by molar-refractivity contribution is 0.665. The van der Waals surface area contributed by atoms with E-state index in [9.17, 15) is 0 Å². The number of nitrogens with one attached hydrogen (secondary N) is 1. The Morgan fingerprint density at radius 2 is 2.44 bits per heavy atom. The number of halogens is 2. The Hall–Kier alpha value is -0.760. The second-order valence-corrected chi connectivity index (χ2v) is 4.40. The Labute approximate surface area is 129 Å². The smallest absolute Gasteiger partial charge is 0.188 e. The molecule has 1 aliphatic rings. The number of hydrogen-bond acceptors (Lipinski definition) is 3. The third-order valence-electron chi connectivity index (χ3n) is 2.82. The van der Waals surface area contributed by atoms with Gasteiger partial charge in [-0.1, -0.05) is 11.6 Å². The summed E-state index contributed by atoms with van der Waals surface area (Å²) in [6.45, 7) is 1.76. The van der Waals surface area contributed by atoms with Gasteiger partial charge in [-0.05, 0) is 18.6 Å². The van der Waals surface area contributed by atoms with Crippen LogP contribution in [0.2, 0.25) is 5.02 Å². The SMILES string of the molecule is CN=C(N)NC1CCN(c2ncccc2Cl)C1.I. The Morgan fingerprint density at radius 3 is 3.11 bits per heavy atom. The fraction of sp³-hybridized carbons (Fsp3) is 0.455. The lowest BCUT2D eigenvalue weighted by Crippen LogP contribution is -2.41. The van der Waals surface area contributed by atoms with Gasteiger partial charge in [0.1, 0.15) is 5.82 Å². The van der Waals surface area contributed by atoms with Gasteiger partial charge in [0.05, 0.1) is 5.02 Å². The molecule has 1 aromatic heterocycles. The predicted octanol–water partition coefficient (Wildman–Crippen LogP) is 1.47. The van der Waals surface area contributed by atoms with Crippen molar-refractivity contribution in [3.05, 3.63) is 23.4 Å². The first-order valence-corrected chi connectivity index (χ1v) is 5.92. The number of aliphatic imine (C=N–C) groups is 1. The molecule has 18 heavy (non-hydrogen) atoms. The van der Waals surface area contributed by atoms with E-state index in [2.05, 4.69) is 20.2 Å². The van der Waals surface area contributed by atoms with Gasteiger partial charge < -0.3 is 16.0 Å². The first-order chi connectivity index (χ1) is 8.20. The molecule has 0 spiro atoms. The standard InChI is InChI=1S/C11H16ClN5.HI/c1-14-11(13)16-8-4-6-17(7-8)10-9(12)3-2-5-15-10;/h2-3,5,8H,4,6-7H2,1H3,(H3,13,14,16);1H. The van der Waals surface area contributed by atoms with Gasteiger partial charge in [0.15, 0.2) is 5.96 Å². The summed E-state index contributed by atoms with van der Waals surface area (Å²) >= 11 is 6.11. The van der Waals surface area contributed by atoms with Crippen molar-refractivity contribution in [3.63, 3.8) is 0 Å². The lowest BCUT2D eigenvalue weighted by atomic mass is 10.3. The van der Waals surface area contributed by atoms with E-state index in [0.717, 1.165) is 25.3 Å². The molecule has 7 heteroatoms. The molecule has 1 atom stereocenters. The quantitative estimate of drug-likeness (QED) is 0.462. The number of hydrogen-bond donors (Lipinski definition) is 2. The van der Waals surface area contributed by atoms with Crippen LogP contribution in [0, 0.1) is 0 Å². The van der Waals surface area contributed by atoms with Gasteiger partial charge in [-0.3, -0.25) is 4.99 Å². The van der Waals surface area contributed by atoms with Crippen LogP contribution in [0.5, 0.6) is 0 Å². The van der Waals surface area contributed by atoms with Crippen molar-refractivity contribution >= 4 is 47.4 Å². The Balaban J connectivity index is 0.00000162. The normalized spacial score (nSPS) is 19.6. The molecule has 5 nitrogen and oxygen atoms in total. The zero-order valence-corrected chi connectivity index (χ0v) is 13.2. The Kier molecular flexibility index (Phi) is 5.94. The third-order valence-corrected chi connectivity index (χ3v) is 3.11. The molecule has 0 aliphatic carbocycles. The summed E-state index contributed by atoms with van der Waals surface area (Å²) < 4.78 is 0. The topological polar surface area (TPSA) is 66.5 Å². The fourth-order valence-corrected chi connectivity index (χ4v) is 2.20. The van der Waals surface area contributed by atoms with Crippen LogP contribution >= 0.6 is 35.6 Å². The minimum absolute atomic E-state index is 0. The van der Waals surface area contributed by atoms with E-state index in [4.69, 9.17) is 17.3 Å². The van der Waals surface area contributed by atoms with Crippen LogP contribution in [0.3, 0.4) is 0 Å². The Bertz CT molecular complexity index is 426. The zero-order valence-electron chi connectivity index (χ0n) is 10.1. The molecule has 0 amide bonds. The van der Waals surface area contributed by atoms with Crippen molar-refractivity contribution in [3.8, 4) is 0 Å². The first kappa shape index (κ1) is 15.3. The molecule has 1 aliphatic heterocycles. The van der Waals surface area contributed by atoms with E-state index in [-0.39, 0.29) is 24.0 Å². The highest BCUT2D eigenvalue weighted by Gasteiger charge is 2.24. The molecule has 100 valence electrons. The van der Waals surface area contributed by atoms with Crippen molar-refractivity contribution in [1.82, 2.24) is 10.3 Å². The highest BCUT2D eigenvalue weighted by atomic mass is 127. The van der Waals surface area contributed by atoms with Crippen LogP contribution in [-0.2, 0) is 0 Å². The molecule has 3 N–H and O–H groups in total. The highest BCUT2D eigenvalue weighted by molar-refractivity contribution is 14.0. The van der Waals surface area contributed by atoms with Crippen molar-refractivity contribution in [2.75, 3.05) is 25.0 Å². The number of rotatable bonds is 2. The van der Waals surface area contributed by atoms with Crippen molar-refractivity contribution in [2.24, 2.45) is 10.7 Å². The molecule has 1 fully saturated rings. The molecule has 2 heterocycles. The lowest BCUT2D eigenvalue weighted by Gasteiger charge is -2.19. The first-order valence-electron chi connectivity index (χ1n) is 5.55. The van der Waals surface area contributed by atoms with E-state index in [0.29, 0.717) is 17.0 Å². The largest absolute Gasteiger partial charge is 0.370 e. The summed E-state index contributed by atoms with van der Waals surface area (Å²) in [6, 6.07) is 3.99. The maximum atomic E-state index is 6.11. The van der Waals surface area contributed by atoms with Crippen LogP contribution < -0.4 is 16.0 Å². The number of nitrogens with two attached hydrogens (primary N) is 1. The minimum Gasteiger partial charge on any atom is -0.370 e. The highest BCUT2D eigenvalue weighted by Crippen LogP contribution is 2.25. The molecule has 0 radical (unpaired) electrons. The van der Waals surface area contributed by atoms with Crippen LogP contribution in [0.25, 0.3) is 0 Å². The van der Waals surface area contributed by atoms with Crippen molar-refractivity contribution < 1.29 is 0 Å². The fourth-order valence-electron chi connectivity index (χ4n) is 1.95. The number of nitrogens with zero attached hydrogens (tertiary/aromatic N) is 3. The maximum absolute atomic E-state index is 6.11. The van der Waals surface area contributed by atoms with Crippen LogP contribution in [0.1, 0.15) is 6.42 Å². The molecule has 2 rings (SSSR count). The molecule has 1 saturated heterocycles. The van der Waals surface area contributed by atoms with Crippen LogP contribution in [-0.4, -0.2) is 37.1 Å². The summed E-state index contributed by atoms with van der Waals surface area (Å²) in [5.74, 6) is 1.31. The Morgan fingerprint density at radius 1 is 1.67 bits per heavy atom. The van der Waals surface area contributed by atoms with Gasteiger partial charge in [-0.2, -0.15) is 0 Å². The summed E-state index contributed by atoms with van der Waals surface area (Å²) in [7, 11) is 1.67. The average molecular weight is 382 g/mol. The molecular weight excluding hydrogens is 365 g/mol. The molecule has 0 aromatic carbocycles. The van der Waals surface area contributed by atoms with E-state index in [1.54, 1.807) is 13.2 Å². The number of aromatic nitrogens is 1. The van der Waals surface area contributed by atoms with E-state index in [1.165, 1.54) is 0 Å². The summed E-state index contributed by atoms with van der Waals surface area (Å²) in [6.07, 6.45) is 2.76. The van der Waals surface area contributed by atoms with Crippen molar-refractivity contribution in [1.29, 1.82) is 0 Å². The predicted molar refractivity (Wildman–Crippen MR) is 86.0 cm³/mol.